The average Bonchev–Trinajstić information content (AvgIpc) is 2.81. The Hall–Kier alpha value is -4.20. The number of benzene rings is 3. The molecule has 3 aromatic carbocycles. The lowest BCUT2D eigenvalue weighted by Crippen LogP contribution is -2.31. The summed E-state index contributed by atoms with van der Waals surface area (Å²) in [5.74, 6) is -0.173. The summed E-state index contributed by atoms with van der Waals surface area (Å²) in [5, 5.41) is 13.5. The van der Waals surface area contributed by atoms with Gasteiger partial charge in [0, 0.05) is 35.6 Å². The molecule has 0 aliphatic heterocycles. The topological polar surface area (TPSA) is 102 Å². The molecule has 0 radical (unpaired) electrons. The van der Waals surface area contributed by atoms with E-state index >= 15 is 0 Å². The van der Waals surface area contributed by atoms with Crippen LogP contribution in [0.5, 0.6) is 5.75 Å². The van der Waals surface area contributed by atoms with Gasteiger partial charge in [-0.2, -0.15) is 0 Å². The van der Waals surface area contributed by atoms with Crippen molar-refractivity contribution in [1.82, 2.24) is 0 Å². The van der Waals surface area contributed by atoms with Crippen LogP contribution in [0.15, 0.2) is 78.9 Å². The zero-order valence-corrected chi connectivity index (χ0v) is 17.7. The van der Waals surface area contributed by atoms with Gasteiger partial charge in [-0.25, -0.2) is 0 Å². The molecule has 164 valence electrons. The fraction of sp³-hybridized carbons (Fsp3) is 0.167. The smallest absolute Gasteiger partial charge is 0.269 e. The van der Waals surface area contributed by atoms with E-state index in [1.165, 1.54) is 24.3 Å². The number of para-hydroxylation sites is 1. The van der Waals surface area contributed by atoms with Crippen LogP contribution in [0.3, 0.4) is 0 Å². The van der Waals surface area contributed by atoms with E-state index in [-0.39, 0.29) is 17.5 Å². The number of ether oxygens (including phenoxy) is 1. The Balaban J connectivity index is 1.61. The first-order chi connectivity index (χ1) is 15.4. The predicted molar refractivity (Wildman–Crippen MR) is 122 cm³/mol. The van der Waals surface area contributed by atoms with E-state index in [9.17, 15) is 19.7 Å². The van der Waals surface area contributed by atoms with Crippen molar-refractivity contribution in [3.8, 4) is 5.75 Å². The molecule has 1 unspecified atom stereocenters. The van der Waals surface area contributed by atoms with Gasteiger partial charge in [-0.05, 0) is 62.4 Å². The fourth-order valence-electron chi connectivity index (χ4n) is 3.05. The molecule has 3 rings (SSSR count). The average molecular weight is 433 g/mol. The first-order valence-electron chi connectivity index (χ1n) is 10.1. The van der Waals surface area contributed by atoms with Gasteiger partial charge in [0.2, 0.25) is 0 Å². The molecule has 0 aliphatic carbocycles. The third-order valence-electron chi connectivity index (χ3n) is 4.76. The van der Waals surface area contributed by atoms with Crippen molar-refractivity contribution < 1.29 is 19.2 Å². The van der Waals surface area contributed by atoms with Gasteiger partial charge in [-0.15, -0.1) is 0 Å². The summed E-state index contributed by atoms with van der Waals surface area (Å²) in [4.78, 5) is 37.2. The molecule has 0 aliphatic rings. The number of rotatable bonds is 8. The van der Waals surface area contributed by atoms with E-state index in [1.54, 1.807) is 36.1 Å². The molecule has 32 heavy (non-hydrogen) atoms. The normalized spacial score (nSPS) is 11.3. The standard InChI is InChI=1S/C24H23N3O5/c1-3-26(20-7-5-4-6-8-20)24(29)18-9-11-19(12-10-18)25-23(28)17(2)32-22-15-13-21(14-16-22)27(30)31/h4-17H,3H2,1-2H3,(H,25,28). The highest BCUT2D eigenvalue weighted by Gasteiger charge is 2.18. The number of carbonyl (C=O) groups is 2. The number of nitro groups is 1. The first-order valence-corrected chi connectivity index (χ1v) is 10.1. The summed E-state index contributed by atoms with van der Waals surface area (Å²) in [6.07, 6.45) is -0.827. The second-order valence-electron chi connectivity index (χ2n) is 6.96. The van der Waals surface area contributed by atoms with Crippen molar-refractivity contribution in [1.29, 1.82) is 0 Å². The second kappa shape index (κ2) is 10.2. The zero-order chi connectivity index (χ0) is 23.1. The summed E-state index contributed by atoms with van der Waals surface area (Å²) in [6.45, 7) is 4.01. The highest BCUT2D eigenvalue weighted by molar-refractivity contribution is 6.06. The van der Waals surface area contributed by atoms with Crippen LogP contribution in [-0.4, -0.2) is 29.4 Å². The highest BCUT2D eigenvalue weighted by atomic mass is 16.6. The zero-order valence-electron chi connectivity index (χ0n) is 17.7. The van der Waals surface area contributed by atoms with Crippen molar-refractivity contribution in [2.24, 2.45) is 0 Å². The van der Waals surface area contributed by atoms with Crippen LogP contribution >= 0.6 is 0 Å². The van der Waals surface area contributed by atoms with Crippen molar-refractivity contribution in [3.05, 3.63) is 94.5 Å². The summed E-state index contributed by atoms with van der Waals surface area (Å²) >= 11 is 0. The third kappa shape index (κ3) is 5.48. The Morgan fingerprint density at radius 2 is 1.62 bits per heavy atom. The Bertz CT molecular complexity index is 1080. The Morgan fingerprint density at radius 1 is 1.00 bits per heavy atom. The van der Waals surface area contributed by atoms with Gasteiger partial charge >= 0.3 is 0 Å². The first kappa shape index (κ1) is 22.5. The van der Waals surface area contributed by atoms with Crippen molar-refractivity contribution in [2.45, 2.75) is 20.0 Å². The highest BCUT2D eigenvalue weighted by Crippen LogP contribution is 2.20. The predicted octanol–water partition coefficient (Wildman–Crippen LogP) is 4.67. The molecule has 0 spiro atoms. The largest absolute Gasteiger partial charge is 0.481 e. The quantitative estimate of drug-likeness (QED) is 0.411. The van der Waals surface area contributed by atoms with Crippen LogP contribution < -0.4 is 15.0 Å². The maximum absolute atomic E-state index is 12.9. The second-order valence-corrected chi connectivity index (χ2v) is 6.96. The van der Waals surface area contributed by atoms with Crippen molar-refractivity contribution in [3.63, 3.8) is 0 Å². The molecule has 2 amide bonds. The summed E-state index contributed by atoms with van der Waals surface area (Å²) in [6, 6.07) is 21.5. The molecule has 0 saturated carbocycles. The van der Waals surface area contributed by atoms with Crippen molar-refractivity contribution >= 4 is 28.9 Å². The van der Waals surface area contributed by atoms with E-state index in [4.69, 9.17) is 4.74 Å². The monoisotopic (exact) mass is 433 g/mol. The number of nitro benzene ring substituents is 1. The minimum atomic E-state index is -0.827. The Kier molecular flexibility index (Phi) is 7.17. The molecule has 0 saturated heterocycles. The number of nitrogens with one attached hydrogen (secondary N) is 1. The SMILES string of the molecule is CCN(C(=O)c1ccc(NC(=O)C(C)Oc2ccc([N+](=O)[O-])cc2)cc1)c1ccccc1. The number of anilines is 2. The molecule has 8 heteroatoms. The molecule has 3 aromatic rings. The molecule has 0 aromatic heterocycles. The van der Waals surface area contributed by atoms with Gasteiger partial charge in [0.05, 0.1) is 4.92 Å². The van der Waals surface area contributed by atoms with Crippen LogP contribution in [0.4, 0.5) is 17.1 Å². The maximum atomic E-state index is 12.9. The fourth-order valence-corrected chi connectivity index (χ4v) is 3.05. The van der Waals surface area contributed by atoms with Gasteiger partial charge in [-0.1, -0.05) is 18.2 Å². The summed E-state index contributed by atoms with van der Waals surface area (Å²) in [5.41, 5.74) is 1.78. The van der Waals surface area contributed by atoms with E-state index in [1.807, 2.05) is 37.3 Å². The van der Waals surface area contributed by atoms with Crippen LogP contribution in [-0.2, 0) is 4.79 Å². The molecule has 1 N–H and O–H groups in total. The molecule has 8 nitrogen and oxygen atoms in total. The van der Waals surface area contributed by atoms with Crippen LogP contribution in [0.1, 0.15) is 24.2 Å². The lowest BCUT2D eigenvalue weighted by molar-refractivity contribution is -0.384. The lowest BCUT2D eigenvalue weighted by atomic mass is 10.1. The van der Waals surface area contributed by atoms with Crippen LogP contribution in [0.2, 0.25) is 0 Å². The van der Waals surface area contributed by atoms with Crippen LogP contribution in [0.25, 0.3) is 0 Å². The number of hydrogen-bond acceptors (Lipinski definition) is 5. The minimum Gasteiger partial charge on any atom is -0.481 e. The van der Waals surface area contributed by atoms with Gasteiger partial charge < -0.3 is 15.0 Å². The van der Waals surface area contributed by atoms with Gasteiger partial charge in [-0.3, -0.25) is 19.7 Å². The van der Waals surface area contributed by atoms with E-state index in [0.29, 0.717) is 23.5 Å². The summed E-state index contributed by atoms with van der Waals surface area (Å²) in [7, 11) is 0. The Labute approximate surface area is 185 Å². The van der Waals surface area contributed by atoms with Crippen molar-refractivity contribution in [2.75, 3.05) is 16.8 Å². The molecule has 0 fully saturated rings. The number of amides is 2. The minimum absolute atomic E-state index is 0.0574. The summed E-state index contributed by atoms with van der Waals surface area (Å²) < 4.78 is 5.54. The molecule has 0 heterocycles. The van der Waals surface area contributed by atoms with Gasteiger partial charge in [0.25, 0.3) is 17.5 Å². The third-order valence-corrected chi connectivity index (χ3v) is 4.76. The Morgan fingerprint density at radius 3 is 2.19 bits per heavy atom. The van der Waals surface area contributed by atoms with E-state index in [0.717, 1.165) is 5.69 Å². The number of hydrogen-bond donors (Lipinski definition) is 1. The number of carbonyl (C=O) groups excluding carboxylic acids is 2. The van der Waals surface area contributed by atoms with Crippen LogP contribution in [0, 0.1) is 10.1 Å². The molecule has 1 atom stereocenters. The maximum Gasteiger partial charge on any atom is 0.269 e. The van der Waals surface area contributed by atoms with E-state index in [2.05, 4.69) is 5.32 Å². The molecular formula is C24H23N3O5. The van der Waals surface area contributed by atoms with Gasteiger partial charge in [0.1, 0.15) is 5.75 Å². The van der Waals surface area contributed by atoms with Gasteiger partial charge in [0.15, 0.2) is 6.10 Å². The molecular weight excluding hydrogens is 410 g/mol. The number of nitrogens with zero attached hydrogens (tertiary/aromatic N) is 2. The molecule has 0 bridgehead atoms. The lowest BCUT2D eigenvalue weighted by Gasteiger charge is -2.21. The number of non-ortho nitro benzene ring substituents is 1. The van der Waals surface area contributed by atoms with E-state index < -0.39 is 11.0 Å².